The van der Waals surface area contributed by atoms with Crippen molar-refractivity contribution in [1.82, 2.24) is 4.90 Å². The van der Waals surface area contributed by atoms with Crippen molar-refractivity contribution >= 4 is 5.91 Å². The van der Waals surface area contributed by atoms with E-state index in [0.29, 0.717) is 13.0 Å². The van der Waals surface area contributed by atoms with Gasteiger partial charge in [-0.1, -0.05) is 41.5 Å². The first kappa shape index (κ1) is 24.0. The van der Waals surface area contributed by atoms with Crippen LogP contribution in [-0.4, -0.2) is 55.0 Å². The predicted octanol–water partition coefficient (Wildman–Crippen LogP) is 4.72. The molecule has 2 aliphatic rings. The smallest absolute Gasteiger partial charge is 0.366 e. The van der Waals surface area contributed by atoms with Crippen molar-refractivity contribution in [3.05, 3.63) is 81.5 Å². The van der Waals surface area contributed by atoms with Gasteiger partial charge in [0.25, 0.3) is 5.91 Å². The number of amides is 1. The number of hydrogen-bond acceptors (Lipinski definition) is 4. The Kier molecular flexibility index (Phi) is 7.06. The Morgan fingerprint density at radius 3 is 2.65 bits per heavy atom. The van der Waals surface area contributed by atoms with E-state index >= 15 is 0 Å². The molecule has 2 aromatic carbocycles. The standard InChI is InChI=1S/C23H22F4N4O3/c24-16-7-5-15(6-8-16)21-17-4-2-1-3-14(17)9-10-31(21)22(32)19-11-18(29-30-28)20(12-33-19)34-13-23(25,26)27/h1-8,18-21H,9-13H2/t18-,19+,20-,21-/m0/s1. The van der Waals surface area contributed by atoms with Crippen LogP contribution >= 0.6 is 0 Å². The highest BCUT2D eigenvalue weighted by Gasteiger charge is 2.41. The van der Waals surface area contributed by atoms with Gasteiger partial charge in [-0.3, -0.25) is 4.79 Å². The van der Waals surface area contributed by atoms with Gasteiger partial charge in [0.15, 0.2) is 0 Å². The lowest BCUT2D eigenvalue weighted by Crippen LogP contribution is -2.52. The fraction of sp³-hybridized carbons (Fsp3) is 0.435. The maximum absolute atomic E-state index is 13.6. The molecule has 1 fully saturated rings. The summed E-state index contributed by atoms with van der Waals surface area (Å²) in [6.45, 7) is -1.45. The fourth-order valence-corrected chi connectivity index (χ4v) is 4.48. The molecular weight excluding hydrogens is 456 g/mol. The summed E-state index contributed by atoms with van der Waals surface area (Å²) in [5.41, 5.74) is 11.6. The van der Waals surface area contributed by atoms with Gasteiger partial charge < -0.3 is 14.4 Å². The monoisotopic (exact) mass is 478 g/mol. The molecule has 1 saturated heterocycles. The summed E-state index contributed by atoms with van der Waals surface area (Å²) in [4.78, 5) is 17.9. The predicted molar refractivity (Wildman–Crippen MR) is 113 cm³/mol. The molecule has 0 aromatic heterocycles. The van der Waals surface area contributed by atoms with Gasteiger partial charge in [0.05, 0.1) is 24.8 Å². The zero-order valence-corrected chi connectivity index (χ0v) is 18.0. The highest BCUT2D eigenvalue weighted by Crippen LogP contribution is 2.37. The molecule has 4 atom stereocenters. The van der Waals surface area contributed by atoms with Gasteiger partial charge >= 0.3 is 6.18 Å². The Hall–Kier alpha value is -3.14. The molecule has 7 nitrogen and oxygen atoms in total. The van der Waals surface area contributed by atoms with E-state index in [2.05, 4.69) is 10.0 Å². The van der Waals surface area contributed by atoms with Gasteiger partial charge in [0.1, 0.15) is 18.5 Å². The van der Waals surface area contributed by atoms with Crippen LogP contribution in [0.2, 0.25) is 0 Å². The number of carbonyl (C=O) groups excluding carboxylic acids is 1. The van der Waals surface area contributed by atoms with E-state index in [0.717, 1.165) is 16.7 Å². The number of hydrogen-bond donors (Lipinski definition) is 0. The molecule has 0 spiro atoms. The van der Waals surface area contributed by atoms with Crippen molar-refractivity contribution in [2.45, 2.75) is 43.3 Å². The van der Waals surface area contributed by atoms with Crippen LogP contribution in [0.4, 0.5) is 17.6 Å². The minimum Gasteiger partial charge on any atom is -0.366 e. The van der Waals surface area contributed by atoms with E-state index in [9.17, 15) is 22.4 Å². The Bertz CT molecular complexity index is 1070. The van der Waals surface area contributed by atoms with Crippen LogP contribution in [0.3, 0.4) is 0 Å². The molecule has 34 heavy (non-hydrogen) atoms. The van der Waals surface area contributed by atoms with Gasteiger partial charge in [-0.15, -0.1) is 0 Å². The molecule has 1 amide bonds. The zero-order chi connectivity index (χ0) is 24.3. The first-order valence-electron chi connectivity index (χ1n) is 10.7. The van der Waals surface area contributed by atoms with Crippen molar-refractivity contribution in [3.63, 3.8) is 0 Å². The fourth-order valence-electron chi connectivity index (χ4n) is 4.48. The average molecular weight is 478 g/mol. The van der Waals surface area contributed by atoms with Crippen molar-refractivity contribution in [1.29, 1.82) is 0 Å². The van der Waals surface area contributed by atoms with E-state index in [-0.39, 0.29) is 18.9 Å². The summed E-state index contributed by atoms with van der Waals surface area (Å²) in [6.07, 6.45) is -6.19. The van der Waals surface area contributed by atoms with Gasteiger partial charge in [-0.2, -0.15) is 13.2 Å². The van der Waals surface area contributed by atoms with Crippen LogP contribution in [0.5, 0.6) is 0 Å². The third kappa shape index (κ3) is 5.32. The first-order valence-corrected chi connectivity index (χ1v) is 10.7. The van der Waals surface area contributed by atoms with Gasteiger partial charge in [-0.05, 0) is 47.2 Å². The van der Waals surface area contributed by atoms with Crippen LogP contribution in [0.25, 0.3) is 10.4 Å². The highest BCUT2D eigenvalue weighted by molar-refractivity contribution is 5.82. The van der Waals surface area contributed by atoms with Crippen LogP contribution in [-0.2, 0) is 20.7 Å². The van der Waals surface area contributed by atoms with E-state index in [1.165, 1.54) is 12.1 Å². The zero-order valence-electron chi connectivity index (χ0n) is 18.0. The molecule has 0 N–H and O–H groups in total. The molecule has 2 aliphatic heterocycles. The third-order valence-corrected chi connectivity index (χ3v) is 6.04. The van der Waals surface area contributed by atoms with Crippen molar-refractivity contribution in [2.24, 2.45) is 5.11 Å². The van der Waals surface area contributed by atoms with E-state index in [1.54, 1.807) is 17.0 Å². The SMILES string of the molecule is [N-]=[N+]=N[C@H]1C[C@H](C(=O)N2CCc3ccccc3[C@@H]2c2ccc(F)cc2)OC[C@@H]1OCC(F)(F)F. The van der Waals surface area contributed by atoms with E-state index in [1.807, 2.05) is 24.3 Å². The quantitative estimate of drug-likeness (QED) is 0.270. The van der Waals surface area contributed by atoms with E-state index < -0.39 is 42.9 Å². The molecule has 11 heteroatoms. The second kappa shape index (κ2) is 10.0. The molecule has 4 rings (SSSR count). The lowest BCUT2D eigenvalue weighted by atomic mass is 9.87. The number of fused-ring (bicyclic) bond motifs is 1. The lowest BCUT2D eigenvalue weighted by Gasteiger charge is -2.41. The minimum absolute atomic E-state index is 0.111. The Balaban J connectivity index is 1.57. The van der Waals surface area contributed by atoms with Crippen LogP contribution in [0.15, 0.2) is 53.6 Å². The van der Waals surface area contributed by atoms with Gasteiger partial charge in [0.2, 0.25) is 0 Å². The summed E-state index contributed by atoms with van der Waals surface area (Å²) in [6, 6.07) is 12.1. The maximum atomic E-state index is 13.6. The lowest BCUT2D eigenvalue weighted by molar-refractivity contribution is -0.203. The van der Waals surface area contributed by atoms with Gasteiger partial charge in [0, 0.05) is 11.5 Å². The van der Waals surface area contributed by atoms with Crippen LogP contribution < -0.4 is 0 Å². The number of nitrogens with zero attached hydrogens (tertiary/aromatic N) is 4. The minimum atomic E-state index is -4.54. The van der Waals surface area contributed by atoms with Crippen LogP contribution in [0, 0.1) is 5.82 Å². The second-order valence-corrected chi connectivity index (χ2v) is 8.23. The summed E-state index contributed by atoms with van der Waals surface area (Å²) in [5.74, 6) is -0.778. The second-order valence-electron chi connectivity index (χ2n) is 8.23. The molecule has 2 heterocycles. The van der Waals surface area contributed by atoms with E-state index in [4.69, 9.17) is 15.0 Å². The summed E-state index contributed by atoms with van der Waals surface area (Å²) in [7, 11) is 0. The molecule has 0 aliphatic carbocycles. The van der Waals surface area contributed by atoms with Crippen LogP contribution in [0.1, 0.15) is 29.2 Å². The molecule has 2 aromatic rings. The largest absolute Gasteiger partial charge is 0.411 e. The number of rotatable bonds is 5. The normalized spacial score (nSPS) is 24.8. The Labute approximate surface area is 192 Å². The molecule has 0 radical (unpaired) electrons. The third-order valence-electron chi connectivity index (χ3n) is 6.04. The Morgan fingerprint density at radius 1 is 1.21 bits per heavy atom. The van der Waals surface area contributed by atoms with Gasteiger partial charge in [-0.25, -0.2) is 4.39 Å². The first-order chi connectivity index (χ1) is 16.3. The van der Waals surface area contributed by atoms with Crippen molar-refractivity contribution in [2.75, 3.05) is 19.8 Å². The number of halogens is 4. The summed E-state index contributed by atoms with van der Waals surface area (Å²) >= 11 is 0. The Morgan fingerprint density at radius 2 is 1.94 bits per heavy atom. The number of azide groups is 1. The summed E-state index contributed by atoms with van der Waals surface area (Å²) < 4.78 is 61.7. The maximum Gasteiger partial charge on any atom is 0.411 e. The van der Waals surface area contributed by atoms with Crippen molar-refractivity contribution < 1.29 is 31.8 Å². The summed E-state index contributed by atoms with van der Waals surface area (Å²) in [5, 5.41) is 3.56. The number of alkyl halides is 3. The highest BCUT2D eigenvalue weighted by atomic mass is 19.4. The number of benzene rings is 2. The molecule has 180 valence electrons. The average Bonchev–Trinajstić information content (AvgIpc) is 2.82. The number of ether oxygens (including phenoxy) is 2. The molecule has 0 unspecified atom stereocenters. The molecular formula is C23H22F4N4O3. The topological polar surface area (TPSA) is 87.5 Å². The van der Waals surface area contributed by atoms with Crippen molar-refractivity contribution in [3.8, 4) is 0 Å². The molecule has 0 bridgehead atoms. The molecule has 0 saturated carbocycles. The number of carbonyl (C=O) groups is 1.